The summed E-state index contributed by atoms with van der Waals surface area (Å²) in [6, 6.07) is 1.62. The topological polar surface area (TPSA) is 128 Å². The predicted octanol–water partition coefficient (Wildman–Crippen LogP) is -1.95. The Bertz CT molecular complexity index is 613. The molecule has 0 saturated carbocycles. The minimum atomic E-state index is -1.31. The van der Waals surface area contributed by atoms with E-state index in [1.165, 1.54) is 6.92 Å². The fourth-order valence-electron chi connectivity index (χ4n) is 1.81. The highest BCUT2D eigenvalue weighted by atomic mass is 16.6. The second kappa shape index (κ2) is 4.38. The molecule has 4 atom stereocenters. The Balaban J connectivity index is 2.50. The quantitative estimate of drug-likeness (QED) is 0.533. The molecule has 1 fully saturated rings. The molecule has 2 rings (SSSR count). The SMILES string of the molecule is C[C@H]1O[C@@H](n2cc(C#N)c(=O)[nH]c2=O)[C@H](O)[C@@H]1O. The third-order valence-corrected chi connectivity index (χ3v) is 2.84. The van der Waals surface area contributed by atoms with Gasteiger partial charge in [0.25, 0.3) is 5.56 Å². The molecule has 1 saturated heterocycles. The van der Waals surface area contributed by atoms with Gasteiger partial charge in [0, 0.05) is 6.20 Å². The second-order valence-corrected chi connectivity index (χ2v) is 4.03. The van der Waals surface area contributed by atoms with E-state index in [9.17, 15) is 19.8 Å². The van der Waals surface area contributed by atoms with Crippen LogP contribution < -0.4 is 11.2 Å². The molecule has 0 aromatic carbocycles. The number of aliphatic hydroxyl groups is 2. The van der Waals surface area contributed by atoms with Crippen molar-refractivity contribution in [1.29, 1.82) is 5.26 Å². The van der Waals surface area contributed by atoms with Gasteiger partial charge in [-0.15, -0.1) is 0 Å². The number of nitrogens with one attached hydrogen (secondary N) is 1. The van der Waals surface area contributed by atoms with Gasteiger partial charge in [0.1, 0.15) is 23.8 Å². The van der Waals surface area contributed by atoms with Crippen molar-refractivity contribution >= 4 is 0 Å². The van der Waals surface area contributed by atoms with Crippen LogP contribution in [0, 0.1) is 11.3 Å². The number of rotatable bonds is 1. The van der Waals surface area contributed by atoms with Gasteiger partial charge in [-0.3, -0.25) is 14.3 Å². The number of aromatic amines is 1. The third kappa shape index (κ3) is 1.84. The molecule has 0 amide bonds. The van der Waals surface area contributed by atoms with Crippen molar-refractivity contribution in [3.63, 3.8) is 0 Å². The molecule has 18 heavy (non-hydrogen) atoms. The van der Waals surface area contributed by atoms with Gasteiger partial charge in [-0.1, -0.05) is 0 Å². The second-order valence-electron chi connectivity index (χ2n) is 4.03. The van der Waals surface area contributed by atoms with Crippen molar-refractivity contribution < 1.29 is 14.9 Å². The number of aliphatic hydroxyl groups excluding tert-OH is 2. The molecule has 0 unspecified atom stereocenters. The maximum Gasteiger partial charge on any atom is 0.330 e. The van der Waals surface area contributed by atoms with Crippen LogP contribution in [0.3, 0.4) is 0 Å². The summed E-state index contributed by atoms with van der Waals surface area (Å²) in [4.78, 5) is 24.7. The van der Waals surface area contributed by atoms with Gasteiger partial charge in [0.15, 0.2) is 6.23 Å². The Hall–Kier alpha value is -1.95. The van der Waals surface area contributed by atoms with Crippen molar-refractivity contribution in [2.24, 2.45) is 0 Å². The predicted molar refractivity (Wildman–Crippen MR) is 57.6 cm³/mol. The smallest absolute Gasteiger partial charge is 0.330 e. The largest absolute Gasteiger partial charge is 0.388 e. The zero-order chi connectivity index (χ0) is 13.4. The average Bonchev–Trinajstić information content (AvgIpc) is 2.57. The van der Waals surface area contributed by atoms with Gasteiger partial charge < -0.3 is 14.9 Å². The number of hydrogen-bond donors (Lipinski definition) is 3. The Kier molecular flexibility index (Phi) is 3.04. The standard InChI is InChI=1S/C10H11N3O5/c1-4-6(14)7(15)9(18-4)13-3-5(2-11)8(16)12-10(13)17/h3-4,6-7,9,14-15H,1H3,(H,12,16,17)/t4-,6-,7-,9-/m1/s1. The number of nitrogens with zero attached hydrogens (tertiary/aromatic N) is 2. The lowest BCUT2D eigenvalue weighted by atomic mass is 10.1. The van der Waals surface area contributed by atoms with Crippen LogP contribution in [-0.2, 0) is 4.74 Å². The summed E-state index contributed by atoms with van der Waals surface area (Å²) in [7, 11) is 0. The van der Waals surface area contributed by atoms with Gasteiger partial charge in [-0.2, -0.15) is 5.26 Å². The normalized spacial score (nSPS) is 31.2. The highest BCUT2D eigenvalue weighted by Crippen LogP contribution is 2.27. The van der Waals surface area contributed by atoms with E-state index in [2.05, 4.69) is 0 Å². The van der Waals surface area contributed by atoms with E-state index in [1.54, 1.807) is 6.07 Å². The van der Waals surface area contributed by atoms with Crippen LogP contribution in [-0.4, -0.2) is 38.1 Å². The third-order valence-electron chi connectivity index (χ3n) is 2.84. The number of nitriles is 1. The first-order valence-corrected chi connectivity index (χ1v) is 5.23. The van der Waals surface area contributed by atoms with E-state index in [-0.39, 0.29) is 5.56 Å². The molecule has 0 aliphatic carbocycles. The first kappa shape index (κ1) is 12.5. The summed E-state index contributed by atoms with van der Waals surface area (Å²) < 4.78 is 6.11. The summed E-state index contributed by atoms with van der Waals surface area (Å²) in [6.07, 6.45) is -3.24. The molecule has 1 aliphatic rings. The van der Waals surface area contributed by atoms with Crippen LogP contribution in [0.1, 0.15) is 18.7 Å². The van der Waals surface area contributed by atoms with Crippen LogP contribution in [0.15, 0.2) is 15.8 Å². The number of hydrogen-bond acceptors (Lipinski definition) is 6. The molecule has 0 radical (unpaired) electrons. The minimum absolute atomic E-state index is 0.278. The summed E-state index contributed by atoms with van der Waals surface area (Å²) in [6.45, 7) is 1.54. The molecule has 0 spiro atoms. The summed E-state index contributed by atoms with van der Waals surface area (Å²) in [5.41, 5.74) is -1.90. The summed E-state index contributed by atoms with van der Waals surface area (Å²) in [5, 5.41) is 28.0. The van der Waals surface area contributed by atoms with Gasteiger partial charge >= 0.3 is 5.69 Å². The molecular weight excluding hydrogens is 242 g/mol. The van der Waals surface area contributed by atoms with Crippen molar-refractivity contribution in [2.75, 3.05) is 0 Å². The first-order chi connectivity index (χ1) is 8.45. The number of H-pyrrole nitrogens is 1. The Morgan fingerprint density at radius 1 is 1.44 bits per heavy atom. The van der Waals surface area contributed by atoms with Crippen LogP contribution in [0.5, 0.6) is 0 Å². The zero-order valence-electron chi connectivity index (χ0n) is 9.40. The van der Waals surface area contributed by atoms with Crippen LogP contribution >= 0.6 is 0 Å². The van der Waals surface area contributed by atoms with Crippen LogP contribution in [0.2, 0.25) is 0 Å². The Morgan fingerprint density at radius 3 is 2.61 bits per heavy atom. The van der Waals surface area contributed by atoms with Crippen LogP contribution in [0.25, 0.3) is 0 Å². The maximum absolute atomic E-state index is 11.6. The molecule has 2 heterocycles. The summed E-state index contributed by atoms with van der Waals surface area (Å²) >= 11 is 0. The Labute approximate surface area is 101 Å². The van der Waals surface area contributed by atoms with Gasteiger partial charge in [0.05, 0.1) is 6.10 Å². The molecule has 1 aliphatic heterocycles. The van der Waals surface area contributed by atoms with Crippen molar-refractivity contribution in [3.8, 4) is 6.07 Å². The molecular formula is C10H11N3O5. The van der Waals surface area contributed by atoms with Crippen molar-refractivity contribution in [1.82, 2.24) is 9.55 Å². The van der Waals surface area contributed by atoms with Crippen LogP contribution in [0.4, 0.5) is 0 Å². The Morgan fingerprint density at radius 2 is 2.11 bits per heavy atom. The molecule has 0 bridgehead atoms. The highest BCUT2D eigenvalue weighted by Gasteiger charge is 2.41. The maximum atomic E-state index is 11.6. The first-order valence-electron chi connectivity index (χ1n) is 5.23. The van der Waals surface area contributed by atoms with E-state index in [4.69, 9.17) is 10.00 Å². The molecule has 96 valence electrons. The summed E-state index contributed by atoms with van der Waals surface area (Å²) in [5.74, 6) is 0. The minimum Gasteiger partial charge on any atom is -0.388 e. The van der Waals surface area contributed by atoms with Gasteiger partial charge in [-0.05, 0) is 6.92 Å². The van der Waals surface area contributed by atoms with E-state index in [0.717, 1.165) is 10.8 Å². The molecule has 1 aromatic rings. The van der Waals surface area contributed by atoms with E-state index < -0.39 is 35.8 Å². The lowest BCUT2D eigenvalue weighted by molar-refractivity contribution is -0.0351. The van der Waals surface area contributed by atoms with Gasteiger partial charge in [-0.25, -0.2) is 4.79 Å². The lowest BCUT2D eigenvalue weighted by Gasteiger charge is -2.16. The fraction of sp³-hybridized carbons (Fsp3) is 0.500. The average molecular weight is 253 g/mol. The molecule has 1 aromatic heterocycles. The monoisotopic (exact) mass is 253 g/mol. The van der Waals surface area contributed by atoms with Crippen molar-refractivity contribution in [2.45, 2.75) is 31.5 Å². The zero-order valence-corrected chi connectivity index (χ0v) is 9.40. The van der Waals surface area contributed by atoms with Crippen molar-refractivity contribution in [3.05, 3.63) is 32.6 Å². The van der Waals surface area contributed by atoms with E-state index in [0.29, 0.717) is 0 Å². The fourth-order valence-corrected chi connectivity index (χ4v) is 1.81. The molecule has 3 N–H and O–H groups in total. The molecule has 8 nitrogen and oxygen atoms in total. The lowest BCUT2D eigenvalue weighted by Crippen LogP contribution is -2.38. The van der Waals surface area contributed by atoms with Gasteiger partial charge in [0.2, 0.25) is 0 Å². The van der Waals surface area contributed by atoms with E-state index >= 15 is 0 Å². The van der Waals surface area contributed by atoms with E-state index in [1.807, 2.05) is 4.98 Å². The number of ether oxygens (including phenoxy) is 1. The molecule has 8 heteroatoms. The number of aromatic nitrogens is 2. The highest BCUT2D eigenvalue weighted by molar-refractivity contribution is 5.22.